The van der Waals surface area contributed by atoms with E-state index in [2.05, 4.69) is 10.4 Å². The van der Waals surface area contributed by atoms with Crippen molar-refractivity contribution in [1.29, 1.82) is 0 Å². The van der Waals surface area contributed by atoms with Gasteiger partial charge in [-0.05, 0) is 30.5 Å². The van der Waals surface area contributed by atoms with E-state index in [0.29, 0.717) is 26.1 Å². The highest BCUT2D eigenvalue weighted by Gasteiger charge is 2.41. The molecule has 3 aromatic rings. The van der Waals surface area contributed by atoms with Crippen molar-refractivity contribution >= 4 is 6.03 Å². The Hall–Kier alpha value is -3.29. The number of carbonyl (C=O) groups is 1. The molecule has 1 aromatic carbocycles. The first kappa shape index (κ1) is 17.8. The van der Waals surface area contributed by atoms with Crippen molar-refractivity contribution in [2.75, 3.05) is 0 Å². The van der Waals surface area contributed by atoms with E-state index >= 15 is 0 Å². The van der Waals surface area contributed by atoms with E-state index in [0.717, 1.165) is 30.0 Å². The predicted octanol–water partition coefficient (Wildman–Crippen LogP) is 1.98. The molecule has 2 aliphatic rings. The molecule has 2 amide bonds. The van der Waals surface area contributed by atoms with Crippen LogP contribution in [0.1, 0.15) is 30.0 Å². The van der Waals surface area contributed by atoms with Crippen molar-refractivity contribution in [3.63, 3.8) is 0 Å². The van der Waals surface area contributed by atoms with E-state index in [9.17, 15) is 9.59 Å². The van der Waals surface area contributed by atoms with Gasteiger partial charge in [-0.25, -0.2) is 14.3 Å². The third-order valence-corrected chi connectivity index (χ3v) is 5.83. The third kappa shape index (κ3) is 3.35. The van der Waals surface area contributed by atoms with Gasteiger partial charge in [-0.1, -0.05) is 30.3 Å². The molecule has 150 valence electrons. The average Bonchev–Trinajstić information content (AvgIpc) is 3.41. The number of fused-ring (bicyclic) bond motifs is 3. The van der Waals surface area contributed by atoms with Crippen LogP contribution in [-0.4, -0.2) is 37.4 Å². The number of aromatic nitrogens is 3. The van der Waals surface area contributed by atoms with Gasteiger partial charge in [-0.2, -0.15) is 5.10 Å². The standard InChI is InChI=1S/C21H23N5O3/c27-20(22-12-18-7-4-10-29-18)26-16-8-9-17(26)14-24-19(11-16)23-25(21(24)28)13-15-5-2-1-3-6-15/h1-7,10,16-17H,8-9,11-14H2,(H,22,27). The summed E-state index contributed by atoms with van der Waals surface area (Å²) >= 11 is 0. The lowest BCUT2D eigenvalue weighted by atomic mass is 10.1. The number of rotatable bonds is 4. The number of hydrogen-bond acceptors (Lipinski definition) is 4. The van der Waals surface area contributed by atoms with Crippen molar-refractivity contribution in [2.45, 2.75) is 51.0 Å². The zero-order valence-electron chi connectivity index (χ0n) is 16.0. The fourth-order valence-corrected chi connectivity index (χ4v) is 4.44. The Bertz CT molecular complexity index is 1050. The average molecular weight is 393 g/mol. The maximum absolute atomic E-state index is 12.9. The Morgan fingerprint density at radius 3 is 2.76 bits per heavy atom. The Kier molecular flexibility index (Phi) is 4.46. The second kappa shape index (κ2) is 7.27. The lowest BCUT2D eigenvalue weighted by molar-refractivity contribution is 0.169. The fourth-order valence-electron chi connectivity index (χ4n) is 4.44. The molecule has 1 saturated heterocycles. The summed E-state index contributed by atoms with van der Waals surface area (Å²) in [5.74, 6) is 1.49. The Morgan fingerprint density at radius 1 is 1.14 bits per heavy atom. The van der Waals surface area contributed by atoms with Crippen LogP contribution in [0.2, 0.25) is 0 Å². The molecule has 2 aromatic heterocycles. The van der Waals surface area contributed by atoms with Crippen LogP contribution < -0.4 is 11.0 Å². The molecule has 0 saturated carbocycles. The molecular formula is C21H23N5O3. The molecule has 8 heteroatoms. The van der Waals surface area contributed by atoms with Crippen molar-refractivity contribution < 1.29 is 9.21 Å². The molecule has 29 heavy (non-hydrogen) atoms. The van der Waals surface area contributed by atoms with Crippen LogP contribution in [0.5, 0.6) is 0 Å². The fraction of sp³-hybridized carbons (Fsp3) is 0.381. The third-order valence-electron chi connectivity index (χ3n) is 5.83. The summed E-state index contributed by atoms with van der Waals surface area (Å²) in [6.45, 7) is 1.31. The van der Waals surface area contributed by atoms with Crippen molar-refractivity contribution in [3.8, 4) is 0 Å². The maximum Gasteiger partial charge on any atom is 0.346 e. The van der Waals surface area contributed by atoms with E-state index in [-0.39, 0.29) is 23.8 Å². The van der Waals surface area contributed by atoms with Crippen LogP contribution in [-0.2, 0) is 26.1 Å². The molecule has 1 N–H and O–H groups in total. The lowest BCUT2D eigenvalue weighted by Gasteiger charge is -2.27. The minimum atomic E-state index is -0.107. The smallest absolute Gasteiger partial charge is 0.346 e. The molecule has 0 radical (unpaired) electrons. The zero-order valence-corrected chi connectivity index (χ0v) is 16.0. The number of amides is 2. The van der Waals surface area contributed by atoms with Crippen LogP contribution in [0.3, 0.4) is 0 Å². The number of carbonyl (C=O) groups excluding carboxylic acids is 1. The van der Waals surface area contributed by atoms with E-state index < -0.39 is 0 Å². The first-order valence-electron chi connectivity index (χ1n) is 9.98. The van der Waals surface area contributed by atoms with Gasteiger partial charge in [-0.3, -0.25) is 4.57 Å². The van der Waals surface area contributed by atoms with Crippen LogP contribution >= 0.6 is 0 Å². The number of nitrogens with zero attached hydrogens (tertiary/aromatic N) is 4. The van der Waals surface area contributed by atoms with Gasteiger partial charge in [0.2, 0.25) is 0 Å². The first-order valence-corrected chi connectivity index (χ1v) is 9.98. The van der Waals surface area contributed by atoms with Crippen LogP contribution in [0.4, 0.5) is 4.79 Å². The quantitative estimate of drug-likeness (QED) is 0.735. The van der Waals surface area contributed by atoms with Gasteiger partial charge in [0.05, 0.1) is 25.4 Å². The molecular weight excluding hydrogens is 370 g/mol. The summed E-state index contributed by atoms with van der Waals surface area (Å²) in [4.78, 5) is 27.7. The van der Waals surface area contributed by atoms with Crippen LogP contribution in [0.15, 0.2) is 57.9 Å². The second-order valence-electron chi connectivity index (χ2n) is 7.69. The maximum atomic E-state index is 12.9. The number of benzene rings is 1. The highest BCUT2D eigenvalue weighted by molar-refractivity contribution is 5.75. The Morgan fingerprint density at radius 2 is 1.97 bits per heavy atom. The van der Waals surface area contributed by atoms with Gasteiger partial charge >= 0.3 is 11.7 Å². The topological polar surface area (TPSA) is 85.3 Å². The van der Waals surface area contributed by atoms with Crippen LogP contribution in [0, 0.1) is 0 Å². The number of nitrogens with one attached hydrogen (secondary N) is 1. The van der Waals surface area contributed by atoms with Crippen LogP contribution in [0.25, 0.3) is 0 Å². The van der Waals surface area contributed by atoms with E-state index in [1.54, 1.807) is 16.9 Å². The molecule has 4 heterocycles. The van der Waals surface area contributed by atoms with Gasteiger partial charge in [0.15, 0.2) is 0 Å². The van der Waals surface area contributed by atoms with E-state index in [1.807, 2.05) is 41.3 Å². The summed E-state index contributed by atoms with van der Waals surface area (Å²) in [6.07, 6.45) is 4.02. The normalized spacial score (nSPS) is 20.3. The van der Waals surface area contributed by atoms with Gasteiger partial charge in [0, 0.05) is 19.0 Å². The SMILES string of the molecule is O=C(NCc1ccco1)N1C2CCC1Cn1c(nn(Cc3ccccc3)c1=O)C2. The molecule has 8 nitrogen and oxygen atoms in total. The van der Waals surface area contributed by atoms with Crippen molar-refractivity contribution in [2.24, 2.45) is 0 Å². The van der Waals surface area contributed by atoms with E-state index in [4.69, 9.17) is 4.42 Å². The highest BCUT2D eigenvalue weighted by atomic mass is 16.3. The van der Waals surface area contributed by atoms with Crippen molar-refractivity contribution in [3.05, 3.63) is 76.4 Å². The largest absolute Gasteiger partial charge is 0.467 e. The Labute approximate surface area is 167 Å². The van der Waals surface area contributed by atoms with Crippen molar-refractivity contribution in [1.82, 2.24) is 24.6 Å². The minimum absolute atomic E-state index is 0.00456. The molecule has 2 atom stereocenters. The zero-order chi connectivity index (χ0) is 19.8. The lowest BCUT2D eigenvalue weighted by Crippen LogP contribution is -2.47. The Balaban J connectivity index is 1.34. The van der Waals surface area contributed by atoms with E-state index in [1.165, 1.54) is 4.68 Å². The summed E-state index contributed by atoms with van der Waals surface area (Å²) in [7, 11) is 0. The summed E-state index contributed by atoms with van der Waals surface area (Å²) in [6, 6.07) is 13.5. The molecule has 2 unspecified atom stereocenters. The summed E-state index contributed by atoms with van der Waals surface area (Å²) < 4.78 is 8.58. The molecule has 2 bridgehead atoms. The molecule has 5 rings (SSSR count). The van der Waals surface area contributed by atoms with Gasteiger partial charge < -0.3 is 14.6 Å². The summed E-state index contributed by atoms with van der Waals surface area (Å²) in [5.41, 5.74) is 0.942. The number of hydrogen-bond donors (Lipinski definition) is 1. The first-order chi connectivity index (χ1) is 14.2. The summed E-state index contributed by atoms with van der Waals surface area (Å²) in [5, 5.41) is 7.54. The molecule has 2 aliphatic heterocycles. The van der Waals surface area contributed by atoms with Gasteiger partial charge in [0.25, 0.3) is 0 Å². The number of furan rings is 1. The molecule has 1 fully saturated rings. The molecule has 0 aliphatic carbocycles. The minimum Gasteiger partial charge on any atom is -0.467 e. The highest BCUT2D eigenvalue weighted by Crippen LogP contribution is 2.30. The molecule has 0 spiro atoms. The second-order valence-corrected chi connectivity index (χ2v) is 7.69. The predicted molar refractivity (Wildman–Crippen MR) is 105 cm³/mol. The van der Waals surface area contributed by atoms with Gasteiger partial charge in [0.1, 0.15) is 11.6 Å². The monoisotopic (exact) mass is 393 g/mol. The number of urea groups is 1. The van der Waals surface area contributed by atoms with Gasteiger partial charge in [-0.15, -0.1) is 0 Å².